The molecule has 0 amide bonds. The monoisotopic (exact) mass is 164 g/mol. The van der Waals surface area contributed by atoms with Crippen molar-refractivity contribution in [3.63, 3.8) is 0 Å². The molecule has 0 atom stereocenters. The summed E-state index contributed by atoms with van der Waals surface area (Å²) >= 11 is 0. The third kappa shape index (κ3) is 1.94. The van der Waals surface area contributed by atoms with Gasteiger partial charge >= 0.3 is 5.51 Å². The van der Waals surface area contributed by atoms with E-state index < -0.39 is 15.7 Å². The quantitative estimate of drug-likeness (QED) is 0.578. The summed E-state index contributed by atoms with van der Waals surface area (Å²) in [6.07, 6.45) is 0.535. The van der Waals surface area contributed by atoms with Gasteiger partial charge in [-0.05, 0) is 0 Å². The summed E-state index contributed by atoms with van der Waals surface area (Å²) in [5.41, 5.74) is -4.72. The molecule has 6 heteroatoms. The molecule has 0 saturated heterocycles. The van der Waals surface area contributed by atoms with Crippen LogP contribution in [-0.2, 0) is 14.4 Å². The average molecular weight is 164 g/mol. The van der Waals surface area contributed by atoms with E-state index in [1.807, 2.05) is 0 Å². The Morgan fingerprint density at radius 2 is 1.78 bits per heavy atom. The van der Waals surface area contributed by atoms with E-state index in [-0.39, 0.29) is 0 Å². The number of halogens is 3. The molecule has 0 aromatic rings. The fourth-order valence-corrected chi connectivity index (χ4v) is 0.311. The van der Waals surface area contributed by atoms with E-state index in [0.29, 0.717) is 6.26 Å². The normalized spacial score (nSPS) is 15.7. The van der Waals surface area contributed by atoms with Gasteiger partial charge in [0.2, 0.25) is 0 Å². The first kappa shape index (κ1) is 8.90. The van der Waals surface area contributed by atoms with Crippen LogP contribution in [0.2, 0.25) is 0 Å². The summed E-state index contributed by atoms with van der Waals surface area (Å²) in [5, 5.41) is 0. The minimum atomic E-state index is -4.72. The molecule has 0 aliphatic rings. The molecule has 0 aromatic carbocycles. The van der Waals surface area contributed by atoms with Crippen LogP contribution in [0.5, 0.6) is 0 Å². The summed E-state index contributed by atoms with van der Waals surface area (Å²) in [7, 11) is -3.59. The van der Waals surface area contributed by atoms with Gasteiger partial charge in [-0.25, -0.2) is 4.21 Å². The number of hydrogen-bond donors (Lipinski definition) is 1. The highest BCUT2D eigenvalue weighted by atomic mass is 32.3. The molecule has 0 aliphatic carbocycles. The van der Waals surface area contributed by atoms with Crippen molar-refractivity contribution in [1.82, 2.24) is 0 Å². The van der Waals surface area contributed by atoms with E-state index in [0.717, 1.165) is 7.11 Å². The summed E-state index contributed by atoms with van der Waals surface area (Å²) in [4.78, 5) is 0. The van der Waals surface area contributed by atoms with Crippen LogP contribution in [0.15, 0.2) is 0 Å². The molecular weight excluding hydrogens is 157 g/mol. The van der Waals surface area contributed by atoms with Gasteiger partial charge in [-0.1, -0.05) is 0 Å². The van der Waals surface area contributed by atoms with Crippen molar-refractivity contribution in [3.8, 4) is 0 Å². The number of alkyl halides is 3. The Kier molecular flexibility index (Phi) is 2.24. The second-order valence-corrected chi connectivity index (χ2v) is 4.06. The molecule has 2 nitrogen and oxygen atoms in total. The Morgan fingerprint density at radius 1 is 1.44 bits per heavy atom. The van der Waals surface area contributed by atoms with Gasteiger partial charge in [0.1, 0.15) is 0 Å². The highest BCUT2D eigenvalue weighted by Crippen LogP contribution is 2.28. The van der Waals surface area contributed by atoms with Crippen molar-refractivity contribution >= 4 is 10.2 Å². The lowest BCUT2D eigenvalue weighted by molar-refractivity contribution is -0.0496. The van der Waals surface area contributed by atoms with Crippen LogP contribution in [0.1, 0.15) is 0 Å². The molecule has 0 aliphatic heterocycles. The first-order chi connectivity index (χ1) is 3.81. The van der Waals surface area contributed by atoms with Crippen molar-refractivity contribution in [2.24, 2.45) is 0 Å². The highest BCUT2D eigenvalue weighted by Gasteiger charge is 2.38. The maximum atomic E-state index is 11.4. The lowest BCUT2D eigenvalue weighted by Gasteiger charge is -2.24. The van der Waals surface area contributed by atoms with Crippen LogP contribution in [0, 0.1) is 0 Å². The predicted molar refractivity (Wildman–Crippen MR) is 28.5 cm³/mol. The Balaban J connectivity index is 4.35. The number of rotatable bonds is 1. The van der Waals surface area contributed by atoms with Gasteiger partial charge in [0, 0.05) is 6.26 Å². The van der Waals surface area contributed by atoms with Crippen LogP contribution in [0.4, 0.5) is 13.2 Å². The Hall–Kier alpha value is -0.100. The SMILES string of the molecule is CO[SH](C)(=O)C(F)(F)F. The molecule has 58 valence electrons. The summed E-state index contributed by atoms with van der Waals surface area (Å²) in [5.74, 6) is 0. The van der Waals surface area contributed by atoms with Gasteiger partial charge in [-0.15, -0.1) is 10.2 Å². The van der Waals surface area contributed by atoms with Crippen LogP contribution in [-0.4, -0.2) is 23.1 Å². The Labute approximate surface area is 51.6 Å². The van der Waals surface area contributed by atoms with Crippen LogP contribution >= 0.6 is 0 Å². The van der Waals surface area contributed by atoms with Gasteiger partial charge in [0.25, 0.3) is 0 Å². The lowest BCUT2D eigenvalue weighted by atomic mass is 11.6. The molecule has 0 heterocycles. The minimum Gasteiger partial charge on any atom is -0.287 e. The zero-order valence-electron chi connectivity index (χ0n) is 4.90. The van der Waals surface area contributed by atoms with Crippen LogP contribution in [0.3, 0.4) is 0 Å². The molecule has 0 unspecified atom stereocenters. The van der Waals surface area contributed by atoms with Gasteiger partial charge in [-0.3, -0.25) is 4.18 Å². The largest absolute Gasteiger partial charge is 0.490 e. The zero-order valence-corrected chi connectivity index (χ0v) is 5.79. The van der Waals surface area contributed by atoms with E-state index in [9.17, 15) is 17.4 Å². The zero-order chi connectivity index (χ0) is 7.71. The Bertz CT molecular complexity index is 140. The van der Waals surface area contributed by atoms with Crippen LogP contribution < -0.4 is 0 Å². The smallest absolute Gasteiger partial charge is 0.287 e. The topological polar surface area (TPSA) is 26.3 Å². The van der Waals surface area contributed by atoms with Crippen molar-refractivity contribution < 1.29 is 21.6 Å². The van der Waals surface area contributed by atoms with E-state index in [2.05, 4.69) is 4.18 Å². The maximum Gasteiger partial charge on any atom is 0.490 e. The van der Waals surface area contributed by atoms with Crippen LogP contribution in [0.25, 0.3) is 0 Å². The van der Waals surface area contributed by atoms with Gasteiger partial charge < -0.3 is 0 Å². The molecule has 9 heavy (non-hydrogen) atoms. The lowest BCUT2D eigenvalue weighted by Crippen LogP contribution is -2.30. The average Bonchev–Trinajstić information content (AvgIpc) is 1.64. The second kappa shape index (κ2) is 2.26. The molecule has 0 fully saturated rings. The van der Waals surface area contributed by atoms with Crippen molar-refractivity contribution in [1.29, 1.82) is 0 Å². The fraction of sp³-hybridized carbons (Fsp3) is 1.00. The molecular formula is C3H7F3O2S. The first-order valence-corrected chi connectivity index (χ1v) is 4.08. The van der Waals surface area contributed by atoms with Gasteiger partial charge in [-0.2, -0.15) is 13.2 Å². The van der Waals surface area contributed by atoms with Crippen molar-refractivity contribution in [3.05, 3.63) is 0 Å². The van der Waals surface area contributed by atoms with E-state index in [1.54, 1.807) is 0 Å². The molecule has 0 N–H and O–H groups in total. The van der Waals surface area contributed by atoms with Gasteiger partial charge in [0.15, 0.2) is 0 Å². The van der Waals surface area contributed by atoms with Gasteiger partial charge in [0.05, 0.1) is 7.11 Å². The standard InChI is InChI=1S/C3H7F3O2S/c1-8-9(2,7)3(4,5)6/h9H,1-2H3. The fourth-order valence-electron chi connectivity index (χ4n) is 0.104. The van der Waals surface area contributed by atoms with E-state index >= 15 is 0 Å². The molecule has 0 saturated carbocycles. The molecule has 0 rings (SSSR count). The Morgan fingerprint density at radius 3 is 1.78 bits per heavy atom. The summed E-state index contributed by atoms with van der Waals surface area (Å²) in [6.45, 7) is 0. The number of thiol groups is 1. The maximum absolute atomic E-state index is 11.4. The predicted octanol–water partition coefficient (Wildman–Crippen LogP) is 0.714. The number of hydrogen-bond acceptors (Lipinski definition) is 2. The van der Waals surface area contributed by atoms with Crippen molar-refractivity contribution in [2.45, 2.75) is 5.51 Å². The van der Waals surface area contributed by atoms with E-state index in [4.69, 9.17) is 0 Å². The van der Waals surface area contributed by atoms with E-state index in [1.165, 1.54) is 0 Å². The minimum absolute atomic E-state index is 0.535. The summed E-state index contributed by atoms with van der Waals surface area (Å²) < 4.78 is 48.3. The molecule has 0 spiro atoms. The molecule has 0 aromatic heterocycles. The highest BCUT2D eigenvalue weighted by molar-refractivity contribution is 7.98. The van der Waals surface area contributed by atoms with Crippen molar-refractivity contribution in [2.75, 3.05) is 13.4 Å². The summed E-state index contributed by atoms with van der Waals surface area (Å²) in [6, 6.07) is 0. The molecule has 0 bridgehead atoms. The second-order valence-electron chi connectivity index (χ2n) is 1.50. The molecule has 0 radical (unpaired) electrons. The third-order valence-corrected chi connectivity index (χ3v) is 2.43. The first-order valence-electron chi connectivity index (χ1n) is 2.01. The third-order valence-electron chi connectivity index (χ3n) is 0.809.